The van der Waals surface area contributed by atoms with Crippen molar-refractivity contribution in [3.63, 3.8) is 0 Å². The van der Waals surface area contributed by atoms with Gasteiger partial charge in [0.05, 0.1) is 0 Å². The summed E-state index contributed by atoms with van der Waals surface area (Å²) in [5, 5.41) is 12.0. The average molecular weight is 209 g/mol. The van der Waals surface area contributed by atoms with Gasteiger partial charge in [-0.2, -0.15) is 0 Å². The zero-order valence-electron chi connectivity index (χ0n) is 8.98. The Hall–Kier alpha value is -0.830. The van der Waals surface area contributed by atoms with Crippen molar-refractivity contribution >= 4 is 5.91 Å². The van der Waals surface area contributed by atoms with Gasteiger partial charge in [-0.25, -0.2) is 0 Å². The van der Waals surface area contributed by atoms with E-state index in [1.807, 2.05) is 0 Å². The number of carbonyl (C=O) groups is 1. The second kappa shape index (κ2) is 4.79. The predicted molar refractivity (Wildman–Crippen MR) is 58.2 cm³/mol. The van der Waals surface area contributed by atoms with Crippen molar-refractivity contribution in [1.82, 2.24) is 5.32 Å². The van der Waals surface area contributed by atoms with E-state index in [2.05, 4.69) is 17.5 Å². The van der Waals surface area contributed by atoms with E-state index in [4.69, 9.17) is 5.11 Å². The molecule has 2 rings (SSSR count). The molecule has 84 valence electrons. The Bertz CT molecular complexity index is 250. The Morgan fingerprint density at radius 2 is 2.07 bits per heavy atom. The number of hydrogen-bond acceptors (Lipinski definition) is 2. The van der Waals surface area contributed by atoms with Crippen LogP contribution >= 0.6 is 0 Å². The predicted octanol–water partition coefficient (Wildman–Crippen LogP) is 1.23. The van der Waals surface area contributed by atoms with Crippen LogP contribution in [0.1, 0.15) is 32.1 Å². The molecule has 0 aromatic carbocycles. The van der Waals surface area contributed by atoms with Crippen molar-refractivity contribution in [2.75, 3.05) is 6.61 Å². The lowest BCUT2D eigenvalue weighted by Gasteiger charge is -2.19. The summed E-state index contributed by atoms with van der Waals surface area (Å²) < 4.78 is 0. The number of aliphatic hydroxyl groups is 1. The highest BCUT2D eigenvalue weighted by molar-refractivity contribution is 5.79. The smallest absolute Gasteiger partial charge is 0.223 e. The Morgan fingerprint density at radius 1 is 1.40 bits per heavy atom. The Labute approximate surface area is 90.6 Å². The van der Waals surface area contributed by atoms with E-state index in [-0.39, 0.29) is 24.5 Å². The van der Waals surface area contributed by atoms with Crippen molar-refractivity contribution in [3.05, 3.63) is 12.2 Å². The molecule has 0 spiro atoms. The molecule has 1 amide bonds. The summed E-state index contributed by atoms with van der Waals surface area (Å²) in [6.45, 7) is 0.171. The molecule has 2 aliphatic carbocycles. The highest BCUT2D eigenvalue weighted by Gasteiger charge is 2.33. The standard InChI is InChI=1S/C12H19NO2/c14-8-7-11(9-5-6-9)13-12(15)10-3-1-2-4-10/h1-2,9-11,14H,3-8H2,(H,13,15). The van der Waals surface area contributed by atoms with Crippen molar-refractivity contribution in [2.45, 2.75) is 38.1 Å². The molecule has 15 heavy (non-hydrogen) atoms. The quantitative estimate of drug-likeness (QED) is 0.669. The second-order valence-corrected chi connectivity index (χ2v) is 4.60. The molecule has 0 aromatic rings. The van der Waals surface area contributed by atoms with Gasteiger partial charge in [0.2, 0.25) is 5.91 Å². The molecule has 0 bridgehead atoms. The van der Waals surface area contributed by atoms with Crippen LogP contribution in [0.4, 0.5) is 0 Å². The third-order valence-corrected chi connectivity index (χ3v) is 3.34. The molecule has 0 aliphatic heterocycles. The minimum absolute atomic E-state index is 0.143. The first-order valence-corrected chi connectivity index (χ1v) is 5.87. The minimum Gasteiger partial charge on any atom is -0.396 e. The zero-order chi connectivity index (χ0) is 10.7. The van der Waals surface area contributed by atoms with Gasteiger partial charge in [-0.3, -0.25) is 4.79 Å². The molecule has 0 radical (unpaired) electrons. The van der Waals surface area contributed by atoms with E-state index in [0.717, 1.165) is 12.8 Å². The number of hydrogen-bond donors (Lipinski definition) is 2. The average Bonchev–Trinajstić information content (AvgIpc) is 2.92. The van der Waals surface area contributed by atoms with E-state index in [1.165, 1.54) is 12.8 Å². The third kappa shape index (κ3) is 2.81. The van der Waals surface area contributed by atoms with E-state index in [9.17, 15) is 4.79 Å². The highest BCUT2D eigenvalue weighted by Crippen LogP contribution is 2.34. The summed E-state index contributed by atoms with van der Waals surface area (Å²) in [7, 11) is 0. The topological polar surface area (TPSA) is 49.3 Å². The second-order valence-electron chi connectivity index (χ2n) is 4.60. The summed E-state index contributed by atoms with van der Waals surface area (Å²) in [6, 6.07) is 0.211. The van der Waals surface area contributed by atoms with E-state index in [1.54, 1.807) is 0 Å². The molecule has 1 atom stereocenters. The SMILES string of the molecule is O=C(NC(CCO)C1CC1)C1CC=CC1. The monoisotopic (exact) mass is 209 g/mol. The molecule has 3 heteroatoms. The minimum atomic E-state index is 0.143. The third-order valence-electron chi connectivity index (χ3n) is 3.34. The summed E-state index contributed by atoms with van der Waals surface area (Å²) in [6.07, 6.45) is 9.01. The van der Waals surface area contributed by atoms with Crippen molar-refractivity contribution in [1.29, 1.82) is 0 Å². The zero-order valence-corrected chi connectivity index (χ0v) is 8.98. The summed E-state index contributed by atoms with van der Waals surface area (Å²) in [5.74, 6) is 0.936. The fourth-order valence-corrected chi connectivity index (χ4v) is 2.20. The highest BCUT2D eigenvalue weighted by atomic mass is 16.3. The maximum absolute atomic E-state index is 11.8. The number of carbonyl (C=O) groups excluding carboxylic acids is 1. The maximum atomic E-state index is 11.8. The molecular weight excluding hydrogens is 190 g/mol. The molecule has 3 nitrogen and oxygen atoms in total. The van der Waals surface area contributed by atoms with Crippen LogP contribution in [0.3, 0.4) is 0 Å². The van der Waals surface area contributed by atoms with Gasteiger partial charge < -0.3 is 10.4 Å². The summed E-state index contributed by atoms with van der Waals surface area (Å²) in [4.78, 5) is 11.8. The first-order valence-electron chi connectivity index (χ1n) is 5.87. The number of rotatable bonds is 5. The Balaban J connectivity index is 1.79. The number of nitrogens with one attached hydrogen (secondary N) is 1. The molecule has 0 saturated heterocycles. The summed E-state index contributed by atoms with van der Waals surface area (Å²) in [5.41, 5.74) is 0. The van der Waals surface area contributed by atoms with Gasteiger partial charge in [-0.15, -0.1) is 0 Å². The van der Waals surface area contributed by atoms with Crippen LogP contribution in [0.15, 0.2) is 12.2 Å². The van der Waals surface area contributed by atoms with Crippen LogP contribution in [0.2, 0.25) is 0 Å². The lowest BCUT2D eigenvalue weighted by Crippen LogP contribution is -2.40. The molecular formula is C12H19NO2. The molecule has 1 saturated carbocycles. The van der Waals surface area contributed by atoms with Crippen LogP contribution < -0.4 is 5.32 Å². The lowest BCUT2D eigenvalue weighted by atomic mass is 10.0. The fraction of sp³-hybridized carbons (Fsp3) is 0.750. The largest absolute Gasteiger partial charge is 0.396 e. The van der Waals surface area contributed by atoms with Crippen molar-refractivity contribution < 1.29 is 9.90 Å². The normalized spacial score (nSPS) is 23.0. The Morgan fingerprint density at radius 3 is 2.60 bits per heavy atom. The van der Waals surface area contributed by atoms with Gasteiger partial charge in [-0.05, 0) is 38.0 Å². The molecule has 2 aliphatic rings. The number of amides is 1. The first-order chi connectivity index (χ1) is 7.31. The van der Waals surface area contributed by atoms with E-state index >= 15 is 0 Å². The van der Waals surface area contributed by atoms with Crippen LogP contribution in [0, 0.1) is 11.8 Å². The maximum Gasteiger partial charge on any atom is 0.223 e. The number of aliphatic hydroxyl groups excluding tert-OH is 1. The molecule has 1 unspecified atom stereocenters. The Kier molecular flexibility index (Phi) is 3.41. The first kappa shape index (κ1) is 10.7. The van der Waals surface area contributed by atoms with E-state index in [0.29, 0.717) is 12.3 Å². The van der Waals surface area contributed by atoms with Crippen LogP contribution in [-0.4, -0.2) is 23.7 Å². The molecule has 0 heterocycles. The molecule has 0 aromatic heterocycles. The van der Waals surface area contributed by atoms with E-state index < -0.39 is 0 Å². The van der Waals surface area contributed by atoms with Crippen LogP contribution in [-0.2, 0) is 4.79 Å². The fourth-order valence-electron chi connectivity index (χ4n) is 2.20. The van der Waals surface area contributed by atoms with Gasteiger partial charge in [0.1, 0.15) is 0 Å². The van der Waals surface area contributed by atoms with Gasteiger partial charge in [0.25, 0.3) is 0 Å². The molecule has 2 N–H and O–H groups in total. The number of allylic oxidation sites excluding steroid dienone is 2. The molecule has 1 fully saturated rings. The lowest BCUT2D eigenvalue weighted by molar-refractivity contribution is -0.125. The van der Waals surface area contributed by atoms with Gasteiger partial charge >= 0.3 is 0 Å². The van der Waals surface area contributed by atoms with Crippen molar-refractivity contribution in [2.24, 2.45) is 11.8 Å². The van der Waals surface area contributed by atoms with Gasteiger partial charge in [0.15, 0.2) is 0 Å². The van der Waals surface area contributed by atoms with Crippen LogP contribution in [0.5, 0.6) is 0 Å². The van der Waals surface area contributed by atoms with Gasteiger partial charge in [-0.1, -0.05) is 12.2 Å². The van der Waals surface area contributed by atoms with Crippen molar-refractivity contribution in [3.8, 4) is 0 Å². The summed E-state index contributed by atoms with van der Waals surface area (Å²) >= 11 is 0. The van der Waals surface area contributed by atoms with Gasteiger partial charge in [0, 0.05) is 18.6 Å². The van der Waals surface area contributed by atoms with Crippen LogP contribution in [0.25, 0.3) is 0 Å².